The van der Waals surface area contributed by atoms with Gasteiger partial charge in [0, 0.05) is 22.3 Å². The fourth-order valence-corrected chi connectivity index (χ4v) is 2.50. The lowest BCUT2D eigenvalue weighted by Gasteiger charge is -2.14. The molecule has 0 heterocycles. The molecule has 0 aromatic heterocycles. The molecule has 0 saturated heterocycles. The van der Waals surface area contributed by atoms with Gasteiger partial charge in [-0.25, -0.2) is 0 Å². The highest BCUT2D eigenvalue weighted by atomic mass is 79.9. The first kappa shape index (κ1) is 15.8. The van der Waals surface area contributed by atoms with E-state index in [1.54, 1.807) is 18.2 Å². The van der Waals surface area contributed by atoms with Crippen molar-refractivity contribution in [2.75, 3.05) is 5.32 Å². The Balaban J connectivity index is 2.17. The topological polar surface area (TPSA) is 21.3 Å². The summed E-state index contributed by atoms with van der Waals surface area (Å²) in [7, 11) is 0. The first-order valence-electron chi connectivity index (χ1n) is 6.65. The third kappa shape index (κ3) is 4.43. The maximum atomic E-state index is 12.4. The van der Waals surface area contributed by atoms with Crippen LogP contribution >= 0.6 is 15.9 Å². The zero-order valence-corrected chi connectivity index (χ0v) is 13.2. The Kier molecular flexibility index (Phi) is 5.56. The normalized spacial score (nSPS) is 10.7. The highest BCUT2D eigenvalue weighted by molar-refractivity contribution is 9.10. The molecule has 2 nitrogen and oxygen atoms in total. The minimum Gasteiger partial charge on any atom is -0.434 e. The molecular weight excluding hydrogens is 340 g/mol. The van der Waals surface area contributed by atoms with Gasteiger partial charge in [0.15, 0.2) is 0 Å². The zero-order valence-electron chi connectivity index (χ0n) is 11.6. The summed E-state index contributed by atoms with van der Waals surface area (Å²) >= 11 is 3.35. The average molecular weight is 356 g/mol. The van der Waals surface area contributed by atoms with Crippen molar-refractivity contribution in [2.45, 2.75) is 26.5 Å². The first-order valence-corrected chi connectivity index (χ1v) is 7.44. The Bertz CT molecular complexity index is 605. The molecule has 2 aromatic rings. The van der Waals surface area contributed by atoms with Crippen molar-refractivity contribution in [1.82, 2.24) is 0 Å². The number of alkyl halides is 2. The number of ether oxygens (including phenoxy) is 1. The molecule has 112 valence electrons. The largest absolute Gasteiger partial charge is 0.434 e. The summed E-state index contributed by atoms with van der Waals surface area (Å²) in [5.74, 6) is 0.190. The third-order valence-corrected chi connectivity index (χ3v) is 3.60. The van der Waals surface area contributed by atoms with E-state index in [0.29, 0.717) is 12.1 Å². The van der Waals surface area contributed by atoms with Crippen LogP contribution in [0.25, 0.3) is 0 Å². The number of rotatable bonds is 6. The van der Waals surface area contributed by atoms with E-state index in [9.17, 15) is 8.78 Å². The van der Waals surface area contributed by atoms with Crippen molar-refractivity contribution in [3.05, 3.63) is 58.1 Å². The van der Waals surface area contributed by atoms with Crippen LogP contribution < -0.4 is 10.1 Å². The number of benzene rings is 2. The minimum absolute atomic E-state index is 0.190. The van der Waals surface area contributed by atoms with E-state index in [4.69, 9.17) is 0 Å². The Morgan fingerprint density at radius 1 is 1.14 bits per heavy atom. The van der Waals surface area contributed by atoms with Crippen molar-refractivity contribution in [1.29, 1.82) is 0 Å². The molecule has 0 aliphatic rings. The summed E-state index contributed by atoms with van der Waals surface area (Å²) in [5.41, 5.74) is 2.86. The quantitative estimate of drug-likeness (QED) is 0.766. The van der Waals surface area contributed by atoms with Crippen LogP contribution in [-0.4, -0.2) is 6.61 Å². The number of aryl methyl sites for hydroxylation is 1. The zero-order chi connectivity index (χ0) is 15.2. The molecule has 21 heavy (non-hydrogen) atoms. The van der Waals surface area contributed by atoms with Gasteiger partial charge in [-0.3, -0.25) is 0 Å². The molecule has 2 rings (SSSR count). The fraction of sp³-hybridized carbons (Fsp3) is 0.250. The molecule has 0 atom stereocenters. The van der Waals surface area contributed by atoms with E-state index >= 15 is 0 Å². The van der Waals surface area contributed by atoms with Crippen LogP contribution in [0.2, 0.25) is 0 Å². The van der Waals surface area contributed by atoms with Gasteiger partial charge in [0.2, 0.25) is 0 Å². The van der Waals surface area contributed by atoms with Crippen LogP contribution in [0.3, 0.4) is 0 Å². The lowest BCUT2D eigenvalue weighted by molar-refractivity contribution is -0.0504. The van der Waals surface area contributed by atoms with E-state index in [-0.39, 0.29) is 5.75 Å². The van der Waals surface area contributed by atoms with E-state index in [1.165, 1.54) is 5.56 Å². The van der Waals surface area contributed by atoms with Gasteiger partial charge < -0.3 is 10.1 Å². The minimum atomic E-state index is -2.83. The Hall–Kier alpha value is -1.62. The molecule has 2 aromatic carbocycles. The maximum absolute atomic E-state index is 12.4. The lowest BCUT2D eigenvalue weighted by Crippen LogP contribution is -2.08. The smallest absolute Gasteiger partial charge is 0.387 e. The van der Waals surface area contributed by atoms with E-state index in [1.807, 2.05) is 24.3 Å². The second-order valence-corrected chi connectivity index (χ2v) is 5.41. The number of nitrogens with one attached hydrogen (secondary N) is 1. The Morgan fingerprint density at radius 2 is 1.90 bits per heavy atom. The summed E-state index contributed by atoms with van der Waals surface area (Å²) < 4.78 is 30.2. The van der Waals surface area contributed by atoms with Gasteiger partial charge in [-0.05, 0) is 36.2 Å². The molecule has 0 amide bonds. The second-order valence-electron chi connectivity index (χ2n) is 4.49. The van der Waals surface area contributed by atoms with Crippen molar-refractivity contribution in [3.63, 3.8) is 0 Å². The molecular formula is C16H16BrF2NO. The van der Waals surface area contributed by atoms with Gasteiger partial charge >= 0.3 is 6.61 Å². The van der Waals surface area contributed by atoms with Crippen LogP contribution in [0.5, 0.6) is 5.75 Å². The fourth-order valence-electron chi connectivity index (χ4n) is 2.09. The van der Waals surface area contributed by atoms with Crippen molar-refractivity contribution in [3.8, 4) is 5.75 Å². The van der Waals surface area contributed by atoms with E-state index in [0.717, 1.165) is 16.6 Å². The number of anilines is 1. The van der Waals surface area contributed by atoms with Crippen molar-refractivity contribution >= 4 is 21.6 Å². The van der Waals surface area contributed by atoms with E-state index in [2.05, 4.69) is 32.9 Å². The Labute approximate surface area is 131 Å². The molecule has 5 heteroatoms. The van der Waals surface area contributed by atoms with Crippen molar-refractivity contribution < 1.29 is 13.5 Å². The number of hydrogen-bond donors (Lipinski definition) is 1. The molecule has 0 spiro atoms. The summed E-state index contributed by atoms with van der Waals surface area (Å²) in [6.45, 7) is -0.337. The molecule has 0 saturated carbocycles. The SMILES string of the molecule is CCc1ccccc1NCc1cc(Br)ccc1OC(F)F. The van der Waals surface area contributed by atoms with Gasteiger partial charge in [0.1, 0.15) is 5.75 Å². The predicted molar refractivity (Wildman–Crippen MR) is 83.9 cm³/mol. The standard InChI is InChI=1S/C16H16BrF2NO/c1-2-11-5-3-4-6-14(11)20-10-12-9-13(17)7-8-15(12)21-16(18)19/h3-9,16,20H,2,10H2,1H3. The van der Waals surface area contributed by atoms with Crippen LogP contribution in [0, 0.1) is 0 Å². The lowest BCUT2D eigenvalue weighted by atomic mass is 10.1. The second kappa shape index (κ2) is 7.41. The first-order chi connectivity index (χ1) is 10.1. The van der Waals surface area contributed by atoms with Gasteiger partial charge in [-0.15, -0.1) is 0 Å². The van der Waals surface area contributed by atoms with Crippen molar-refractivity contribution in [2.24, 2.45) is 0 Å². The molecule has 0 unspecified atom stereocenters. The number of hydrogen-bond acceptors (Lipinski definition) is 2. The Morgan fingerprint density at radius 3 is 2.62 bits per heavy atom. The molecule has 0 aliphatic carbocycles. The predicted octanol–water partition coefficient (Wildman–Crippen LogP) is 5.23. The molecule has 0 fully saturated rings. The maximum Gasteiger partial charge on any atom is 0.387 e. The van der Waals surface area contributed by atoms with Crippen LogP contribution in [-0.2, 0) is 13.0 Å². The van der Waals surface area contributed by atoms with Gasteiger partial charge in [0.25, 0.3) is 0 Å². The van der Waals surface area contributed by atoms with Crippen LogP contribution in [0.15, 0.2) is 46.9 Å². The average Bonchev–Trinajstić information content (AvgIpc) is 2.47. The third-order valence-electron chi connectivity index (χ3n) is 3.11. The number of halogens is 3. The molecule has 0 bridgehead atoms. The highest BCUT2D eigenvalue weighted by Crippen LogP contribution is 2.26. The van der Waals surface area contributed by atoms with Crippen LogP contribution in [0.1, 0.15) is 18.1 Å². The molecule has 1 N–H and O–H groups in total. The monoisotopic (exact) mass is 355 g/mol. The summed E-state index contributed by atoms with van der Waals surface area (Å²) in [6.07, 6.45) is 0.905. The summed E-state index contributed by atoms with van der Waals surface area (Å²) in [6, 6.07) is 12.9. The summed E-state index contributed by atoms with van der Waals surface area (Å²) in [5, 5.41) is 3.28. The molecule has 0 radical (unpaired) electrons. The van der Waals surface area contributed by atoms with Gasteiger partial charge in [-0.1, -0.05) is 41.1 Å². The number of para-hydroxylation sites is 1. The van der Waals surface area contributed by atoms with Gasteiger partial charge in [0.05, 0.1) is 0 Å². The summed E-state index contributed by atoms with van der Waals surface area (Å²) in [4.78, 5) is 0. The molecule has 0 aliphatic heterocycles. The van der Waals surface area contributed by atoms with Crippen LogP contribution in [0.4, 0.5) is 14.5 Å². The van der Waals surface area contributed by atoms with E-state index < -0.39 is 6.61 Å². The highest BCUT2D eigenvalue weighted by Gasteiger charge is 2.10. The van der Waals surface area contributed by atoms with Gasteiger partial charge in [-0.2, -0.15) is 8.78 Å².